The molecule has 0 aromatic heterocycles. The van der Waals surface area contributed by atoms with Crippen molar-refractivity contribution in [3.05, 3.63) is 0 Å². The zero-order chi connectivity index (χ0) is 8.93. The largest absolute Gasteiger partial charge is 0.0826 e. The summed E-state index contributed by atoms with van der Waals surface area (Å²) in [6.45, 7) is 7.19. The van der Waals surface area contributed by atoms with Crippen molar-refractivity contribution in [1.29, 1.82) is 0 Å². The van der Waals surface area contributed by atoms with Crippen molar-refractivity contribution < 1.29 is 0 Å². The van der Waals surface area contributed by atoms with Gasteiger partial charge in [0.2, 0.25) is 0 Å². The molecule has 0 bridgehead atoms. The zero-order valence-electron chi connectivity index (χ0n) is 8.31. The minimum atomic E-state index is 0.863. The summed E-state index contributed by atoms with van der Waals surface area (Å²) in [5, 5.41) is 0. The average molecular weight is 278 g/mol. The van der Waals surface area contributed by atoms with Crippen LogP contribution in [0.25, 0.3) is 0 Å². The third-order valence-corrected chi connectivity index (χ3v) is 5.42. The first-order valence-electron chi connectivity index (χ1n) is 5.27. The third-order valence-electron chi connectivity index (χ3n) is 4.28. The summed E-state index contributed by atoms with van der Waals surface area (Å²) in [5.41, 5.74) is 0.883. The van der Waals surface area contributed by atoms with E-state index in [1.165, 1.54) is 6.42 Å². The molecule has 2 saturated carbocycles. The van der Waals surface area contributed by atoms with Crippen molar-refractivity contribution in [2.24, 2.45) is 23.2 Å². The van der Waals surface area contributed by atoms with Crippen molar-refractivity contribution in [2.45, 2.75) is 44.0 Å². The molecule has 1 spiro atoms. The Kier molecular flexibility index (Phi) is 2.21. The molecule has 4 atom stereocenters. The molecular weight excluding hydrogens is 259 g/mol. The van der Waals surface area contributed by atoms with E-state index in [0.29, 0.717) is 0 Å². The molecule has 2 aliphatic carbocycles. The number of hydrogen-bond donors (Lipinski definition) is 0. The molecular formula is C11H19I. The van der Waals surface area contributed by atoms with Gasteiger partial charge in [-0.2, -0.15) is 0 Å². The Morgan fingerprint density at radius 3 is 2.25 bits per heavy atom. The van der Waals surface area contributed by atoms with Gasteiger partial charge in [0, 0.05) is 3.92 Å². The Hall–Kier alpha value is 0.730. The molecule has 0 aliphatic heterocycles. The molecule has 2 rings (SSSR count). The highest BCUT2D eigenvalue weighted by Crippen LogP contribution is 2.78. The lowest BCUT2D eigenvalue weighted by Gasteiger charge is -2.13. The van der Waals surface area contributed by atoms with E-state index in [1.54, 1.807) is 12.8 Å². The van der Waals surface area contributed by atoms with Gasteiger partial charge in [-0.1, -0.05) is 49.8 Å². The maximum atomic E-state index is 2.59. The number of hydrogen-bond acceptors (Lipinski definition) is 0. The Labute approximate surface area is 89.6 Å². The number of alkyl halides is 1. The van der Waals surface area contributed by atoms with Crippen LogP contribution in [0.1, 0.15) is 40.0 Å². The average Bonchev–Trinajstić information content (AvgIpc) is 2.90. The Balaban J connectivity index is 1.99. The molecule has 12 heavy (non-hydrogen) atoms. The Morgan fingerprint density at radius 1 is 1.42 bits per heavy atom. The minimum Gasteiger partial charge on any atom is -0.0826 e. The van der Waals surface area contributed by atoms with Gasteiger partial charge in [-0.3, -0.25) is 0 Å². The summed E-state index contributed by atoms with van der Waals surface area (Å²) < 4.78 is 0.863. The summed E-state index contributed by atoms with van der Waals surface area (Å²) in [4.78, 5) is 0. The zero-order valence-corrected chi connectivity index (χ0v) is 10.5. The molecule has 0 aromatic rings. The second kappa shape index (κ2) is 2.86. The summed E-state index contributed by atoms with van der Waals surface area (Å²) in [7, 11) is 0. The van der Waals surface area contributed by atoms with Gasteiger partial charge in [0.15, 0.2) is 0 Å². The van der Waals surface area contributed by atoms with Crippen molar-refractivity contribution in [3.8, 4) is 0 Å². The highest BCUT2D eigenvalue weighted by Gasteiger charge is 2.71. The van der Waals surface area contributed by atoms with Crippen LogP contribution in [0.5, 0.6) is 0 Å². The second-order valence-corrected chi connectivity index (χ2v) is 6.78. The van der Waals surface area contributed by atoms with Gasteiger partial charge in [0.1, 0.15) is 0 Å². The van der Waals surface area contributed by atoms with Gasteiger partial charge in [0.25, 0.3) is 0 Å². The van der Waals surface area contributed by atoms with Gasteiger partial charge in [-0.05, 0) is 36.0 Å². The highest BCUT2D eigenvalue weighted by molar-refractivity contribution is 14.1. The van der Waals surface area contributed by atoms with Crippen LogP contribution in [-0.2, 0) is 0 Å². The van der Waals surface area contributed by atoms with Crippen LogP contribution in [0.4, 0.5) is 0 Å². The fourth-order valence-electron chi connectivity index (χ4n) is 3.30. The van der Waals surface area contributed by atoms with Crippen molar-refractivity contribution >= 4 is 22.6 Å². The molecule has 0 radical (unpaired) electrons. The first-order chi connectivity index (χ1) is 5.63. The van der Waals surface area contributed by atoms with Gasteiger partial charge in [-0.25, -0.2) is 0 Å². The number of rotatable bonds is 3. The maximum absolute atomic E-state index is 2.59. The first-order valence-corrected chi connectivity index (χ1v) is 6.52. The predicted molar refractivity (Wildman–Crippen MR) is 61.6 cm³/mol. The van der Waals surface area contributed by atoms with Crippen LogP contribution in [-0.4, -0.2) is 3.92 Å². The van der Waals surface area contributed by atoms with Crippen molar-refractivity contribution in [1.82, 2.24) is 0 Å². The monoisotopic (exact) mass is 278 g/mol. The first kappa shape index (κ1) is 9.29. The van der Waals surface area contributed by atoms with Crippen molar-refractivity contribution in [3.63, 3.8) is 0 Å². The Bertz CT molecular complexity index is 181. The van der Waals surface area contributed by atoms with E-state index in [2.05, 4.69) is 43.4 Å². The van der Waals surface area contributed by atoms with Crippen molar-refractivity contribution in [2.75, 3.05) is 0 Å². The van der Waals surface area contributed by atoms with E-state index < -0.39 is 0 Å². The van der Waals surface area contributed by atoms with Crippen LogP contribution < -0.4 is 0 Å². The van der Waals surface area contributed by atoms with Gasteiger partial charge < -0.3 is 0 Å². The lowest BCUT2D eigenvalue weighted by molar-refractivity contribution is 0.461. The maximum Gasteiger partial charge on any atom is 0.0110 e. The fourth-order valence-corrected chi connectivity index (χ4v) is 3.74. The molecule has 2 fully saturated rings. The smallest absolute Gasteiger partial charge is 0.0110 e. The molecule has 0 saturated heterocycles. The molecule has 3 unspecified atom stereocenters. The van der Waals surface area contributed by atoms with Crippen LogP contribution in [0.2, 0.25) is 0 Å². The number of halogens is 1. The molecule has 1 heteroatoms. The van der Waals surface area contributed by atoms with E-state index in [4.69, 9.17) is 0 Å². The van der Waals surface area contributed by atoms with Gasteiger partial charge >= 0.3 is 0 Å². The van der Waals surface area contributed by atoms with Gasteiger partial charge in [0.05, 0.1) is 0 Å². The minimum absolute atomic E-state index is 0.863. The molecule has 0 heterocycles. The molecule has 2 aliphatic rings. The Morgan fingerprint density at radius 2 is 2.00 bits per heavy atom. The topological polar surface area (TPSA) is 0 Å². The molecule has 0 nitrogen and oxygen atoms in total. The standard InChI is InChI=1S/C11H19I/c1-4-9-10(7(2)8(3)12)11(9)5-6-11/h7-10H,4-6H2,1-3H3/t7-,8?,9?,10?/m1/s1. The van der Waals surface area contributed by atoms with E-state index in [0.717, 1.165) is 27.1 Å². The SMILES string of the molecule is CCC1C([C@H](C)C(C)I)C12CC2. The molecule has 0 N–H and O–H groups in total. The molecule has 0 amide bonds. The van der Waals surface area contributed by atoms with E-state index in [1.807, 2.05) is 0 Å². The molecule has 70 valence electrons. The van der Waals surface area contributed by atoms with E-state index in [9.17, 15) is 0 Å². The highest BCUT2D eigenvalue weighted by atomic mass is 127. The third kappa shape index (κ3) is 1.15. The van der Waals surface area contributed by atoms with E-state index >= 15 is 0 Å². The fraction of sp³-hybridized carbons (Fsp3) is 1.00. The summed E-state index contributed by atoms with van der Waals surface area (Å²) in [6, 6.07) is 0. The second-order valence-electron chi connectivity index (χ2n) is 4.81. The summed E-state index contributed by atoms with van der Waals surface area (Å²) >= 11 is 2.59. The lowest BCUT2D eigenvalue weighted by Crippen LogP contribution is -2.10. The van der Waals surface area contributed by atoms with Crippen LogP contribution >= 0.6 is 22.6 Å². The van der Waals surface area contributed by atoms with Crippen LogP contribution in [0.15, 0.2) is 0 Å². The summed E-state index contributed by atoms with van der Waals surface area (Å²) in [6.07, 6.45) is 4.52. The lowest BCUT2D eigenvalue weighted by atomic mass is 10.00. The predicted octanol–water partition coefficient (Wildman–Crippen LogP) is 3.88. The van der Waals surface area contributed by atoms with Crippen LogP contribution in [0.3, 0.4) is 0 Å². The summed E-state index contributed by atoms with van der Waals surface area (Å²) in [5.74, 6) is 3.15. The molecule has 0 aromatic carbocycles. The van der Waals surface area contributed by atoms with Gasteiger partial charge in [-0.15, -0.1) is 0 Å². The normalized spacial score (nSPS) is 41.0. The van der Waals surface area contributed by atoms with E-state index in [-0.39, 0.29) is 0 Å². The quantitative estimate of drug-likeness (QED) is 0.543. The van der Waals surface area contributed by atoms with Crippen LogP contribution in [0, 0.1) is 23.2 Å².